The molecule has 8 heteroatoms. The lowest BCUT2D eigenvalue weighted by Gasteiger charge is -2.41. The van der Waals surface area contributed by atoms with Gasteiger partial charge in [0.2, 0.25) is 0 Å². The van der Waals surface area contributed by atoms with E-state index in [0.717, 1.165) is 19.3 Å². The minimum atomic E-state index is -1.50. The number of ether oxygens (including phenoxy) is 4. The average molecular weight is 585 g/mol. The van der Waals surface area contributed by atoms with Crippen LogP contribution in [0.1, 0.15) is 105 Å². The van der Waals surface area contributed by atoms with Crippen LogP contribution in [0.25, 0.3) is 0 Å². The smallest absolute Gasteiger partial charge is 0.338 e. The van der Waals surface area contributed by atoms with Crippen molar-refractivity contribution < 1.29 is 38.7 Å². The highest BCUT2D eigenvalue weighted by molar-refractivity contribution is 5.89. The number of esters is 2. The Bertz CT molecular complexity index is 1010. The SMILES string of the molecule is CCCCCCCCCCCCCCO[C@H]1O[C@H](COC(=O)c2ccccc2)[C@@H](O)[C@H](O)[C@@H]1OC(=O)c1ccccc1. The summed E-state index contributed by atoms with van der Waals surface area (Å²) in [5, 5.41) is 21.7. The summed E-state index contributed by atoms with van der Waals surface area (Å²) < 4.78 is 22.8. The van der Waals surface area contributed by atoms with Crippen molar-refractivity contribution in [1.82, 2.24) is 0 Å². The van der Waals surface area contributed by atoms with Crippen LogP contribution in [0, 0.1) is 0 Å². The Labute approximate surface area is 250 Å². The molecular weight excluding hydrogens is 536 g/mol. The molecule has 2 N–H and O–H groups in total. The maximum Gasteiger partial charge on any atom is 0.338 e. The Morgan fingerprint density at radius 1 is 0.690 bits per heavy atom. The summed E-state index contributed by atoms with van der Waals surface area (Å²) in [6, 6.07) is 16.9. The standard InChI is InChI=1S/C34H48O8/c1-2-3-4-5-6-7-8-9-10-11-12-19-24-39-34-31(42-33(38)27-22-17-14-18-23-27)30(36)29(35)28(41-34)25-40-32(37)26-20-15-13-16-21-26/h13-18,20-23,28-31,34-36H,2-12,19,24-25H2,1H3/t28-,29-,30+,31+,34+/m1/s1. The Morgan fingerprint density at radius 3 is 1.74 bits per heavy atom. The summed E-state index contributed by atoms with van der Waals surface area (Å²) in [7, 11) is 0. The number of hydrogen-bond acceptors (Lipinski definition) is 8. The summed E-state index contributed by atoms with van der Waals surface area (Å²) in [6.07, 6.45) is 8.12. The van der Waals surface area contributed by atoms with E-state index >= 15 is 0 Å². The van der Waals surface area contributed by atoms with E-state index in [2.05, 4.69) is 6.92 Å². The van der Waals surface area contributed by atoms with Crippen LogP contribution in [0.4, 0.5) is 0 Å². The molecule has 0 unspecified atom stereocenters. The van der Waals surface area contributed by atoms with Crippen molar-refractivity contribution in [3.8, 4) is 0 Å². The Balaban J connectivity index is 1.47. The average Bonchev–Trinajstić information content (AvgIpc) is 3.02. The van der Waals surface area contributed by atoms with Crippen LogP contribution in [0.3, 0.4) is 0 Å². The van der Waals surface area contributed by atoms with Gasteiger partial charge in [-0.15, -0.1) is 0 Å². The van der Waals surface area contributed by atoms with Gasteiger partial charge < -0.3 is 29.2 Å². The number of carbonyl (C=O) groups is 2. The number of aliphatic hydroxyl groups excluding tert-OH is 2. The molecule has 8 nitrogen and oxygen atoms in total. The fourth-order valence-electron chi connectivity index (χ4n) is 5.03. The topological polar surface area (TPSA) is 112 Å². The van der Waals surface area contributed by atoms with Crippen molar-refractivity contribution in [2.45, 2.75) is 115 Å². The Kier molecular flexibility index (Phi) is 15.6. The molecule has 1 saturated heterocycles. The molecule has 5 atom stereocenters. The molecule has 2 aromatic rings. The third-order valence-corrected chi connectivity index (χ3v) is 7.57. The second-order valence-corrected chi connectivity index (χ2v) is 11.0. The van der Waals surface area contributed by atoms with Gasteiger partial charge in [-0.3, -0.25) is 0 Å². The van der Waals surface area contributed by atoms with Gasteiger partial charge in [0.25, 0.3) is 0 Å². The van der Waals surface area contributed by atoms with Gasteiger partial charge >= 0.3 is 11.9 Å². The normalized spacial score (nSPS) is 22.0. The molecule has 0 radical (unpaired) electrons. The van der Waals surface area contributed by atoms with Gasteiger partial charge in [0.05, 0.1) is 11.1 Å². The van der Waals surface area contributed by atoms with E-state index in [0.29, 0.717) is 17.7 Å². The minimum absolute atomic E-state index is 0.302. The third-order valence-electron chi connectivity index (χ3n) is 7.57. The van der Waals surface area contributed by atoms with Crippen LogP contribution in [-0.4, -0.2) is 66.1 Å². The van der Waals surface area contributed by atoms with Crippen molar-refractivity contribution in [1.29, 1.82) is 0 Å². The van der Waals surface area contributed by atoms with Gasteiger partial charge in [-0.25, -0.2) is 9.59 Å². The zero-order valence-corrected chi connectivity index (χ0v) is 24.9. The van der Waals surface area contributed by atoms with Crippen LogP contribution < -0.4 is 0 Å². The molecule has 0 aliphatic carbocycles. The fourth-order valence-corrected chi connectivity index (χ4v) is 5.03. The first-order valence-corrected chi connectivity index (χ1v) is 15.6. The Morgan fingerprint density at radius 2 is 1.19 bits per heavy atom. The number of carbonyl (C=O) groups excluding carboxylic acids is 2. The molecular formula is C34H48O8. The molecule has 232 valence electrons. The first kappa shape index (κ1) is 33.7. The van der Waals surface area contributed by atoms with Crippen molar-refractivity contribution in [2.75, 3.05) is 13.2 Å². The van der Waals surface area contributed by atoms with E-state index in [1.807, 2.05) is 0 Å². The fraction of sp³-hybridized carbons (Fsp3) is 0.588. The van der Waals surface area contributed by atoms with E-state index in [4.69, 9.17) is 18.9 Å². The van der Waals surface area contributed by atoms with E-state index in [9.17, 15) is 19.8 Å². The third kappa shape index (κ3) is 11.5. The second kappa shape index (κ2) is 19.4. The lowest BCUT2D eigenvalue weighted by Crippen LogP contribution is -2.60. The second-order valence-electron chi connectivity index (χ2n) is 11.0. The van der Waals surface area contributed by atoms with Crippen molar-refractivity contribution in [3.63, 3.8) is 0 Å². The molecule has 1 aliphatic heterocycles. The lowest BCUT2D eigenvalue weighted by molar-refractivity contribution is -0.300. The number of unbranched alkanes of at least 4 members (excludes halogenated alkanes) is 11. The lowest BCUT2D eigenvalue weighted by atomic mass is 9.99. The zero-order valence-electron chi connectivity index (χ0n) is 24.9. The summed E-state index contributed by atoms with van der Waals surface area (Å²) in [4.78, 5) is 25.2. The van der Waals surface area contributed by atoms with Crippen LogP contribution in [-0.2, 0) is 18.9 Å². The summed E-state index contributed by atoms with van der Waals surface area (Å²) >= 11 is 0. The van der Waals surface area contributed by atoms with E-state index in [1.165, 1.54) is 57.8 Å². The maximum absolute atomic E-state index is 12.8. The molecule has 0 bridgehead atoms. The molecule has 0 spiro atoms. The quantitative estimate of drug-likeness (QED) is 0.148. The van der Waals surface area contributed by atoms with Crippen LogP contribution >= 0.6 is 0 Å². The first-order valence-electron chi connectivity index (χ1n) is 15.6. The van der Waals surface area contributed by atoms with E-state index in [1.54, 1.807) is 60.7 Å². The monoisotopic (exact) mass is 584 g/mol. The van der Waals surface area contributed by atoms with Crippen LogP contribution in [0.5, 0.6) is 0 Å². The van der Waals surface area contributed by atoms with Gasteiger partial charge in [0.15, 0.2) is 12.4 Å². The predicted molar refractivity (Wildman–Crippen MR) is 160 cm³/mol. The van der Waals surface area contributed by atoms with Crippen molar-refractivity contribution in [2.24, 2.45) is 0 Å². The highest BCUT2D eigenvalue weighted by atomic mass is 16.7. The van der Waals surface area contributed by atoms with E-state index < -0.39 is 42.6 Å². The number of hydrogen-bond donors (Lipinski definition) is 2. The van der Waals surface area contributed by atoms with Gasteiger partial charge in [-0.1, -0.05) is 114 Å². The number of aliphatic hydroxyl groups is 2. The molecule has 1 heterocycles. The number of benzene rings is 2. The van der Waals surface area contributed by atoms with Crippen molar-refractivity contribution in [3.05, 3.63) is 71.8 Å². The predicted octanol–water partition coefficient (Wildman–Crippen LogP) is 6.23. The Hall–Kier alpha value is -2.78. The molecule has 1 fully saturated rings. The zero-order chi connectivity index (χ0) is 30.0. The molecule has 0 saturated carbocycles. The molecule has 2 aromatic carbocycles. The largest absolute Gasteiger partial charge is 0.459 e. The first-order chi connectivity index (χ1) is 20.5. The highest BCUT2D eigenvalue weighted by Crippen LogP contribution is 2.26. The summed E-state index contributed by atoms with van der Waals surface area (Å²) in [6.45, 7) is 2.27. The summed E-state index contributed by atoms with van der Waals surface area (Å²) in [5.74, 6) is -1.24. The summed E-state index contributed by atoms with van der Waals surface area (Å²) in [5.41, 5.74) is 0.663. The molecule has 0 amide bonds. The molecule has 3 rings (SSSR count). The molecule has 42 heavy (non-hydrogen) atoms. The minimum Gasteiger partial charge on any atom is -0.459 e. The number of rotatable bonds is 19. The van der Waals surface area contributed by atoms with Crippen molar-refractivity contribution >= 4 is 11.9 Å². The molecule has 1 aliphatic rings. The molecule has 0 aromatic heterocycles. The van der Waals surface area contributed by atoms with Gasteiger partial charge in [-0.05, 0) is 30.7 Å². The van der Waals surface area contributed by atoms with E-state index in [-0.39, 0.29) is 6.61 Å². The van der Waals surface area contributed by atoms with Gasteiger partial charge in [0, 0.05) is 6.61 Å². The van der Waals surface area contributed by atoms with Crippen LogP contribution in [0.15, 0.2) is 60.7 Å². The van der Waals surface area contributed by atoms with Gasteiger partial charge in [0.1, 0.15) is 24.9 Å². The van der Waals surface area contributed by atoms with Crippen LogP contribution in [0.2, 0.25) is 0 Å². The van der Waals surface area contributed by atoms with Gasteiger partial charge in [-0.2, -0.15) is 0 Å². The maximum atomic E-state index is 12.8. The highest BCUT2D eigenvalue weighted by Gasteiger charge is 2.48.